The molecule has 0 unspecified atom stereocenters. The van der Waals surface area contributed by atoms with E-state index in [0.717, 1.165) is 0 Å². The van der Waals surface area contributed by atoms with Crippen LogP contribution >= 0.6 is 21.8 Å². The molecule has 0 aliphatic heterocycles. The fraction of sp³-hybridized carbons (Fsp3) is 0. The molecule has 0 atom stereocenters. The average molecular weight is 1260 g/mol. The number of carbonyl (C=O) groups is 1. The summed E-state index contributed by atoms with van der Waals surface area (Å²) in [5.74, 6) is 0. The first-order valence-electron chi connectivity index (χ1n) is 27.2. The summed E-state index contributed by atoms with van der Waals surface area (Å²) < 4.78 is 0. The van der Waals surface area contributed by atoms with E-state index in [1.54, 1.807) is 0 Å². The molecule has 0 aromatic heterocycles. The average Bonchev–Trinajstić information content (AvgIpc) is 0.748. The van der Waals surface area contributed by atoms with E-state index in [-0.39, 0.29) is 51.4 Å². The van der Waals surface area contributed by atoms with Crippen LogP contribution in [0, 0.1) is 0 Å². The molecule has 12 aromatic carbocycles. The van der Waals surface area contributed by atoms with E-state index >= 15 is 0 Å². The van der Waals surface area contributed by atoms with Crippen molar-refractivity contribution in [3.8, 4) is 0 Å². The maximum atomic E-state index is 8.56. The Hall–Kier alpha value is -6.07. The van der Waals surface area contributed by atoms with Crippen molar-refractivity contribution in [3.63, 3.8) is 0 Å². The van der Waals surface area contributed by atoms with Crippen molar-refractivity contribution in [2.24, 2.45) is 0 Å². The van der Waals surface area contributed by atoms with Gasteiger partial charge in [-0.2, -0.15) is 0 Å². The van der Waals surface area contributed by atoms with Crippen molar-refractivity contribution in [1.29, 1.82) is 0 Å². The Morgan fingerprint density at radius 1 is 0.195 bits per heavy atom. The molecule has 0 fully saturated rings. The molecule has 0 spiro atoms. The fourth-order valence-corrected chi connectivity index (χ4v) is 175. The Morgan fingerprint density at radius 3 is 0.341 bits per heavy atom. The molecule has 82 heavy (non-hydrogen) atoms. The molecule has 0 saturated heterocycles. The minimum atomic E-state index is -4.52. The van der Waals surface area contributed by atoms with Gasteiger partial charge in [0.15, 0.2) is 0 Å². The second-order valence-electron chi connectivity index (χ2n) is 19.6. The third-order valence-corrected chi connectivity index (χ3v) is 119. The van der Waals surface area contributed by atoms with Crippen molar-refractivity contribution in [3.05, 3.63) is 364 Å². The van der Waals surface area contributed by atoms with Gasteiger partial charge in [0.2, 0.25) is 0 Å². The van der Waals surface area contributed by atoms with Gasteiger partial charge in [-0.05, 0) is 0 Å². The van der Waals surface area contributed by atoms with Crippen LogP contribution in [0.5, 0.6) is 0 Å². The summed E-state index contributed by atoms with van der Waals surface area (Å²) in [7, 11) is 0. The summed E-state index contributed by atoms with van der Waals surface area (Å²) in [6.45, 7) is 0. The Labute approximate surface area is 529 Å². The van der Waals surface area contributed by atoms with Gasteiger partial charge in [-0.25, -0.2) is 4.79 Å². The first kappa shape index (κ1) is 59.1. The molecule has 0 heterocycles. The zero-order valence-corrected chi connectivity index (χ0v) is 50.3. The van der Waals surface area contributed by atoms with Crippen molar-refractivity contribution in [2.45, 2.75) is 0 Å². The summed E-state index contributed by atoms with van der Waals surface area (Å²) >= 11 is -4.52. The van der Waals surface area contributed by atoms with Crippen LogP contribution in [0.1, 0.15) is 0 Å². The first-order valence-corrected chi connectivity index (χ1v) is 43.8. The summed E-state index contributed by atoms with van der Waals surface area (Å²) in [6.07, 6.45) is -1.83. The van der Waals surface area contributed by atoms with E-state index in [4.69, 9.17) is 15.0 Å². The van der Waals surface area contributed by atoms with Crippen molar-refractivity contribution in [2.75, 3.05) is 0 Å². The maximum absolute atomic E-state index is 8.56. The summed E-state index contributed by atoms with van der Waals surface area (Å²) in [6, 6.07) is 146. The van der Waals surface area contributed by atoms with Gasteiger partial charge in [-0.1, -0.05) is 0 Å². The topological polar surface area (TPSA) is 57.5 Å². The molecule has 12 aromatic rings. The normalized spacial score (nSPS) is 13.5. The van der Waals surface area contributed by atoms with E-state index in [9.17, 15) is 0 Å². The fourth-order valence-electron chi connectivity index (χ4n) is 12.6. The van der Waals surface area contributed by atoms with E-state index < -0.39 is 41.5 Å². The van der Waals surface area contributed by atoms with Gasteiger partial charge in [0, 0.05) is 0 Å². The molecule has 0 bridgehead atoms. The predicted molar refractivity (Wildman–Crippen MR) is 364 cm³/mol. The van der Waals surface area contributed by atoms with Gasteiger partial charge >= 0.3 is 521 Å². The Morgan fingerprint density at radius 2 is 0.268 bits per heavy atom. The molecular weight excluding hydrogens is 1190 g/mol. The van der Waals surface area contributed by atoms with Gasteiger partial charge in [0.1, 0.15) is 0 Å². The van der Waals surface area contributed by atoms with Crippen LogP contribution in [-0.2, 0) is 13.6 Å². The van der Waals surface area contributed by atoms with E-state index in [1.807, 2.05) is 0 Å². The summed E-state index contributed by atoms with van der Waals surface area (Å²) in [5.41, 5.74) is -15.7. The molecule has 0 saturated carbocycles. The number of hydrogen-bond donors (Lipinski definition) is 2. The summed E-state index contributed by atoms with van der Waals surface area (Å²) in [5, 5.41) is 31.4. The molecule has 9 heteroatoms. The molecular formula is C73H67KO3P4Pd. The zero-order valence-electron chi connectivity index (χ0n) is 44.8. The second kappa shape index (κ2) is 27.1. The van der Waals surface area contributed by atoms with Crippen LogP contribution in [0.4, 0.5) is 4.79 Å². The van der Waals surface area contributed by atoms with E-state index in [0.29, 0.717) is 0 Å². The van der Waals surface area contributed by atoms with Gasteiger partial charge in [0.25, 0.3) is 0 Å². The SMILES string of the molecule is O=C(O)O.[KH].c1ccc([PH](c2ccccc2)(c2ccccc2)[Pd]([PH](c2ccccc2)(c2ccccc2)c2ccccc2)([PH](c2ccccc2)(c2ccccc2)c2ccccc2)[PH](c2ccccc2)(c2ccccc2)c2ccccc2)cc1. The van der Waals surface area contributed by atoms with E-state index in [1.165, 1.54) is 63.7 Å². The van der Waals surface area contributed by atoms with Crippen LogP contribution in [0.3, 0.4) is 0 Å². The molecule has 3 nitrogen and oxygen atoms in total. The van der Waals surface area contributed by atoms with Crippen LogP contribution in [0.2, 0.25) is 0 Å². The second-order valence-corrected chi connectivity index (χ2v) is 70.2. The number of rotatable bonds is 16. The minimum absolute atomic E-state index is 0. The number of carboxylic acid groups (broad SMARTS) is 2. The first-order chi connectivity index (χ1) is 40.0. The van der Waals surface area contributed by atoms with E-state index in [2.05, 4.69) is 364 Å². The number of hydrogen-bond acceptors (Lipinski definition) is 1. The van der Waals surface area contributed by atoms with Crippen LogP contribution < -0.4 is 63.7 Å². The van der Waals surface area contributed by atoms with Gasteiger partial charge in [-0.3, -0.25) is 0 Å². The van der Waals surface area contributed by atoms with Crippen molar-refractivity contribution < 1.29 is 28.6 Å². The predicted octanol–water partition coefficient (Wildman–Crippen LogP) is 12.3. The van der Waals surface area contributed by atoms with Gasteiger partial charge in [0.05, 0.1) is 0 Å². The molecule has 408 valence electrons. The Kier molecular flexibility index (Phi) is 19.5. The standard InChI is InChI=1S/4C18H15P.CH2O3.K.Pd.H/c4*1-4-10-16(11-5-1)19(17-12-6-2-7-13-17)18-14-8-3-9-15-18;2-1(3)4;;;/h4*1-15H;(H2,2,3,4);;;/q;;;;;;-4;/p+4. The third-order valence-electron chi connectivity index (χ3n) is 15.3. The van der Waals surface area contributed by atoms with Crippen LogP contribution in [-0.4, -0.2) is 67.8 Å². The quantitative estimate of drug-likeness (QED) is 0.0749. The van der Waals surface area contributed by atoms with Gasteiger partial charge < -0.3 is 10.2 Å². The molecule has 2 N–H and O–H groups in total. The van der Waals surface area contributed by atoms with Crippen molar-refractivity contribution >= 4 is 143 Å². The molecule has 12 rings (SSSR count). The Balaban J connectivity index is 0.00000146. The monoisotopic (exact) mass is 1260 g/mol. The third kappa shape index (κ3) is 10.0. The molecule has 0 aliphatic rings. The zero-order chi connectivity index (χ0) is 55.4. The van der Waals surface area contributed by atoms with Crippen LogP contribution in [0.15, 0.2) is 364 Å². The van der Waals surface area contributed by atoms with Gasteiger partial charge in [-0.15, -0.1) is 0 Å². The molecule has 0 amide bonds. The van der Waals surface area contributed by atoms with Crippen molar-refractivity contribution in [1.82, 2.24) is 0 Å². The van der Waals surface area contributed by atoms with Crippen LogP contribution in [0.25, 0.3) is 0 Å². The Bertz CT molecular complexity index is 2990. The molecule has 0 radical (unpaired) electrons. The molecule has 0 aliphatic carbocycles. The summed E-state index contributed by atoms with van der Waals surface area (Å²) in [4.78, 5) is 8.56. The number of benzene rings is 12.